The number of carbonyl (C=O) groups is 2. The smallest absolute Gasteiger partial charge is 0.305 e. The standard InChI is InChI=1S/C24H34O4S/c1-27-18-20-9-5-8-19(17-20)7-3-4-10-21-12-13-23(25)22(21)14-16-29-15-6-11-24(26)28-2/h4-5,8-10,17,21-22H,3,6-7,11-16,18H2,1-2H3/b10-4+/t21-,22+/m0/s1. The molecule has 0 radical (unpaired) electrons. The molecule has 0 spiro atoms. The number of ketones is 1. The summed E-state index contributed by atoms with van der Waals surface area (Å²) in [5.41, 5.74) is 2.53. The molecule has 1 fully saturated rings. The lowest BCUT2D eigenvalue weighted by atomic mass is 9.92. The van der Waals surface area contributed by atoms with Gasteiger partial charge in [-0.05, 0) is 60.7 Å². The second-order valence-electron chi connectivity index (χ2n) is 7.58. The molecule has 0 N–H and O–H groups in total. The highest BCUT2D eigenvalue weighted by molar-refractivity contribution is 7.99. The van der Waals surface area contributed by atoms with Crippen molar-refractivity contribution in [3.8, 4) is 0 Å². The van der Waals surface area contributed by atoms with Gasteiger partial charge in [-0.3, -0.25) is 9.59 Å². The first-order valence-corrected chi connectivity index (χ1v) is 11.7. The zero-order valence-corrected chi connectivity index (χ0v) is 18.5. The van der Waals surface area contributed by atoms with Crippen LogP contribution in [0, 0.1) is 11.8 Å². The lowest BCUT2D eigenvalue weighted by molar-refractivity contribution is -0.140. The third-order valence-corrected chi connectivity index (χ3v) is 6.51. The molecule has 1 aromatic carbocycles. The first-order chi connectivity index (χ1) is 14.1. The van der Waals surface area contributed by atoms with Crippen molar-refractivity contribution in [2.75, 3.05) is 25.7 Å². The largest absolute Gasteiger partial charge is 0.469 e. The van der Waals surface area contributed by atoms with Crippen molar-refractivity contribution < 1.29 is 19.1 Å². The van der Waals surface area contributed by atoms with Crippen molar-refractivity contribution in [3.05, 3.63) is 47.5 Å². The zero-order valence-electron chi connectivity index (χ0n) is 17.7. The maximum Gasteiger partial charge on any atom is 0.305 e. The fourth-order valence-electron chi connectivity index (χ4n) is 3.84. The van der Waals surface area contributed by atoms with E-state index in [4.69, 9.17) is 4.74 Å². The number of methoxy groups -OCH3 is 2. The van der Waals surface area contributed by atoms with E-state index in [0.717, 1.165) is 43.6 Å². The van der Waals surface area contributed by atoms with E-state index in [-0.39, 0.29) is 11.9 Å². The molecule has 0 aliphatic heterocycles. The first-order valence-electron chi connectivity index (χ1n) is 10.5. The molecule has 160 valence electrons. The van der Waals surface area contributed by atoms with Crippen LogP contribution >= 0.6 is 11.8 Å². The lowest BCUT2D eigenvalue weighted by Crippen LogP contribution is -2.14. The fraction of sp³-hybridized carbons (Fsp3) is 0.583. The van der Waals surface area contributed by atoms with Crippen LogP contribution in [-0.4, -0.2) is 37.5 Å². The summed E-state index contributed by atoms with van der Waals surface area (Å²) in [7, 11) is 3.14. The summed E-state index contributed by atoms with van der Waals surface area (Å²) in [5.74, 6) is 2.75. The Labute approximate surface area is 179 Å². The van der Waals surface area contributed by atoms with Gasteiger partial charge in [0.2, 0.25) is 0 Å². The molecule has 0 aromatic heterocycles. The maximum absolute atomic E-state index is 12.3. The van der Waals surface area contributed by atoms with Crippen molar-refractivity contribution in [3.63, 3.8) is 0 Å². The molecule has 0 bridgehead atoms. The lowest BCUT2D eigenvalue weighted by Gasteiger charge is -2.14. The molecular weight excluding hydrogens is 384 g/mol. The Bertz CT molecular complexity index is 671. The summed E-state index contributed by atoms with van der Waals surface area (Å²) in [6, 6.07) is 8.54. The van der Waals surface area contributed by atoms with Crippen molar-refractivity contribution in [2.45, 2.75) is 51.6 Å². The van der Waals surface area contributed by atoms with Gasteiger partial charge in [0.1, 0.15) is 5.78 Å². The van der Waals surface area contributed by atoms with Gasteiger partial charge in [-0.1, -0.05) is 36.4 Å². The van der Waals surface area contributed by atoms with Crippen molar-refractivity contribution in [1.29, 1.82) is 0 Å². The minimum absolute atomic E-state index is 0.146. The molecule has 5 heteroatoms. The van der Waals surface area contributed by atoms with Gasteiger partial charge >= 0.3 is 5.97 Å². The predicted molar refractivity (Wildman–Crippen MR) is 119 cm³/mol. The molecule has 2 rings (SSSR count). The monoisotopic (exact) mass is 418 g/mol. The molecule has 1 saturated carbocycles. The van der Waals surface area contributed by atoms with E-state index in [1.165, 1.54) is 18.2 Å². The summed E-state index contributed by atoms with van der Waals surface area (Å²) >= 11 is 1.83. The van der Waals surface area contributed by atoms with Crippen LogP contribution in [-0.2, 0) is 32.1 Å². The van der Waals surface area contributed by atoms with Gasteiger partial charge in [0.05, 0.1) is 13.7 Å². The van der Waals surface area contributed by atoms with E-state index in [2.05, 4.69) is 41.2 Å². The summed E-state index contributed by atoms with van der Waals surface area (Å²) in [5, 5.41) is 0. The molecule has 0 saturated heterocycles. The number of rotatable bonds is 13. The minimum atomic E-state index is -0.146. The number of carbonyl (C=O) groups excluding carboxylic acids is 2. The van der Waals surface area contributed by atoms with Crippen molar-refractivity contribution >= 4 is 23.5 Å². The molecule has 2 atom stereocenters. The molecular formula is C24H34O4S. The summed E-state index contributed by atoms with van der Waals surface area (Å²) in [6.45, 7) is 0.649. The molecule has 4 nitrogen and oxygen atoms in total. The van der Waals surface area contributed by atoms with Crippen LogP contribution < -0.4 is 0 Å². The number of hydrogen-bond donors (Lipinski definition) is 0. The number of benzene rings is 1. The van der Waals surface area contributed by atoms with Gasteiger partial charge in [-0.25, -0.2) is 0 Å². The van der Waals surface area contributed by atoms with Gasteiger partial charge in [-0.15, -0.1) is 0 Å². The molecule has 1 aromatic rings. The minimum Gasteiger partial charge on any atom is -0.469 e. The van der Waals surface area contributed by atoms with Crippen molar-refractivity contribution in [1.82, 2.24) is 0 Å². The SMILES string of the molecule is COCc1cccc(CC/C=C/[C@H]2CCC(=O)[C@@H]2CCSCCCC(=O)OC)c1. The Morgan fingerprint density at radius 1 is 1.24 bits per heavy atom. The Balaban J connectivity index is 1.69. The Hall–Kier alpha value is -1.59. The number of hydrogen-bond acceptors (Lipinski definition) is 5. The molecule has 0 amide bonds. The normalized spacial score (nSPS) is 19.2. The Morgan fingerprint density at radius 2 is 2.07 bits per heavy atom. The number of thioether (sulfide) groups is 1. The Kier molecular flexibility index (Phi) is 11.1. The van der Waals surface area contributed by atoms with Crippen LogP contribution in [0.2, 0.25) is 0 Å². The molecule has 0 unspecified atom stereocenters. The van der Waals surface area contributed by atoms with Gasteiger partial charge in [0.15, 0.2) is 0 Å². The molecule has 1 aliphatic carbocycles. The third kappa shape index (κ3) is 8.75. The number of aryl methyl sites for hydroxylation is 1. The fourth-order valence-corrected chi connectivity index (χ4v) is 4.81. The highest BCUT2D eigenvalue weighted by Crippen LogP contribution is 2.33. The first kappa shape index (κ1) is 23.7. The third-order valence-electron chi connectivity index (χ3n) is 5.41. The molecule has 29 heavy (non-hydrogen) atoms. The second kappa shape index (κ2) is 13.6. The van der Waals surface area contributed by atoms with Crippen LogP contribution in [0.5, 0.6) is 0 Å². The van der Waals surface area contributed by atoms with E-state index in [1.807, 2.05) is 11.8 Å². The van der Waals surface area contributed by atoms with Gasteiger partial charge in [0, 0.05) is 25.9 Å². The topological polar surface area (TPSA) is 52.6 Å². The summed E-state index contributed by atoms with van der Waals surface area (Å²) in [6.07, 6.45) is 10.5. The number of ether oxygens (including phenoxy) is 2. The number of esters is 1. The van der Waals surface area contributed by atoms with Crippen LogP contribution in [0.3, 0.4) is 0 Å². The zero-order chi connectivity index (χ0) is 20.9. The van der Waals surface area contributed by atoms with E-state index < -0.39 is 0 Å². The highest BCUT2D eigenvalue weighted by Gasteiger charge is 2.32. The van der Waals surface area contributed by atoms with E-state index in [9.17, 15) is 9.59 Å². The van der Waals surface area contributed by atoms with Gasteiger partial charge < -0.3 is 9.47 Å². The summed E-state index contributed by atoms with van der Waals surface area (Å²) in [4.78, 5) is 23.4. The quantitative estimate of drug-likeness (QED) is 0.256. The number of allylic oxidation sites excluding steroid dienone is 2. The van der Waals surface area contributed by atoms with Crippen LogP contribution in [0.4, 0.5) is 0 Å². The van der Waals surface area contributed by atoms with Crippen LogP contribution in [0.1, 0.15) is 49.7 Å². The highest BCUT2D eigenvalue weighted by atomic mass is 32.2. The van der Waals surface area contributed by atoms with E-state index in [1.54, 1.807) is 7.11 Å². The van der Waals surface area contributed by atoms with Crippen LogP contribution in [0.15, 0.2) is 36.4 Å². The van der Waals surface area contributed by atoms with Gasteiger partial charge in [0.25, 0.3) is 0 Å². The Morgan fingerprint density at radius 3 is 2.86 bits per heavy atom. The average Bonchev–Trinajstić information content (AvgIpc) is 3.07. The maximum atomic E-state index is 12.3. The average molecular weight is 419 g/mol. The predicted octanol–water partition coefficient (Wildman–Crippen LogP) is 4.99. The second-order valence-corrected chi connectivity index (χ2v) is 8.80. The number of Topliss-reactive ketones (excluding diaryl/α,β-unsaturated/α-hetero) is 1. The molecule has 0 heterocycles. The van der Waals surface area contributed by atoms with Crippen molar-refractivity contribution in [2.24, 2.45) is 11.8 Å². The molecule has 1 aliphatic rings. The van der Waals surface area contributed by atoms with E-state index >= 15 is 0 Å². The van der Waals surface area contributed by atoms with Gasteiger partial charge in [-0.2, -0.15) is 11.8 Å². The van der Waals surface area contributed by atoms with E-state index in [0.29, 0.717) is 31.1 Å². The summed E-state index contributed by atoms with van der Waals surface area (Å²) < 4.78 is 9.85. The van der Waals surface area contributed by atoms with Crippen LogP contribution in [0.25, 0.3) is 0 Å².